The van der Waals surface area contributed by atoms with E-state index < -0.39 is 5.97 Å². The van der Waals surface area contributed by atoms with E-state index in [-0.39, 0.29) is 5.56 Å². The van der Waals surface area contributed by atoms with Gasteiger partial charge in [-0.15, -0.1) is 0 Å². The topological polar surface area (TPSA) is 55.8 Å². The molecule has 0 aromatic heterocycles. The number of ether oxygens (including phenoxy) is 2. The van der Waals surface area contributed by atoms with Gasteiger partial charge in [0, 0.05) is 0 Å². The van der Waals surface area contributed by atoms with E-state index in [0.29, 0.717) is 18.1 Å². The molecule has 0 aliphatic heterocycles. The summed E-state index contributed by atoms with van der Waals surface area (Å²) in [6.45, 7) is 0.547. The summed E-state index contributed by atoms with van der Waals surface area (Å²) >= 11 is 0. The van der Waals surface area contributed by atoms with Crippen LogP contribution in [-0.4, -0.2) is 24.8 Å². The van der Waals surface area contributed by atoms with Gasteiger partial charge >= 0.3 is 5.97 Å². The fourth-order valence-corrected chi connectivity index (χ4v) is 2.62. The molecule has 0 heterocycles. The number of hydrogen-bond acceptors (Lipinski definition) is 3. The molecule has 0 radical (unpaired) electrons. The molecule has 0 amide bonds. The van der Waals surface area contributed by atoms with Crippen LogP contribution in [0.5, 0.6) is 11.5 Å². The molecule has 4 nitrogen and oxygen atoms in total. The van der Waals surface area contributed by atoms with Crippen molar-refractivity contribution in [1.82, 2.24) is 0 Å². The Morgan fingerprint density at radius 3 is 2.74 bits per heavy atom. The zero-order chi connectivity index (χ0) is 13.7. The Kier molecular flexibility index (Phi) is 4.66. The van der Waals surface area contributed by atoms with Gasteiger partial charge in [-0.05, 0) is 24.5 Å². The number of carbonyl (C=O) groups is 1. The average molecular weight is 264 g/mol. The van der Waals surface area contributed by atoms with Crippen LogP contribution in [0.2, 0.25) is 0 Å². The maximum absolute atomic E-state index is 11.2. The molecule has 104 valence electrons. The fraction of sp³-hybridized carbons (Fsp3) is 0.533. The molecule has 0 atom stereocenters. The van der Waals surface area contributed by atoms with Crippen LogP contribution in [0.3, 0.4) is 0 Å². The number of carboxylic acid groups (broad SMARTS) is 1. The predicted molar refractivity (Wildman–Crippen MR) is 72.0 cm³/mol. The average Bonchev–Trinajstić information content (AvgIpc) is 2.91. The molecule has 1 aromatic rings. The quantitative estimate of drug-likeness (QED) is 0.856. The van der Waals surface area contributed by atoms with Crippen LogP contribution in [0.15, 0.2) is 18.2 Å². The molecule has 2 rings (SSSR count). The van der Waals surface area contributed by atoms with E-state index in [1.54, 1.807) is 12.1 Å². The SMILES string of the molecule is COc1cccc(C(=O)O)c1OCCC1CCCC1. The maximum atomic E-state index is 11.2. The van der Waals surface area contributed by atoms with Crippen molar-refractivity contribution in [3.8, 4) is 11.5 Å². The van der Waals surface area contributed by atoms with Crippen LogP contribution in [0.25, 0.3) is 0 Å². The maximum Gasteiger partial charge on any atom is 0.339 e. The summed E-state index contributed by atoms with van der Waals surface area (Å²) in [5.41, 5.74) is 0.158. The van der Waals surface area contributed by atoms with Crippen molar-refractivity contribution in [3.63, 3.8) is 0 Å². The van der Waals surface area contributed by atoms with Crippen molar-refractivity contribution in [2.24, 2.45) is 5.92 Å². The molecule has 1 fully saturated rings. The monoisotopic (exact) mass is 264 g/mol. The Bertz CT molecular complexity index is 436. The van der Waals surface area contributed by atoms with Crippen molar-refractivity contribution in [1.29, 1.82) is 0 Å². The second-order valence-electron chi connectivity index (χ2n) is 4.93. The van der Waals surface area contributed by atoms with E-state index >= 15 is 0 Å². The molecule has 0 saturated heterocycles. The fourth-order valence-electron chi connectivity index (χ4n) is 2.62. The Morgan fingerprint density at radius 1 is 1.37 bits per heavy atom. The highest BCUT2D eigenvalue weighted by Crippen LogP contribution is 2.32. The lowest BCUT2D eigenvalue weighted by Crippen LogP contribution is -2.08. The molecule has 1 aliphatic rings. The highest BCUT2D eigenvalue weighted by molar-refractivity contribution is 5.92. The van der Waals surface area contributed by atoms with Gasteiger partial charge in [-0.1, -0.05) is 31.7 Å². The first-order chi connectivity index (χ1) is 9.22. The zero-order valence-corrected chi connectivity index (χ0v) is 11.2. The van der Waals surface area contributed by atoms with E-state index in [1.165, 1.54) is 38.9 Å². The molecule has 19 heavy (non-hydrogen) atoms. The summed E-state index contributed by atoms with van der Waals surface area (Å²) < 4.78 is 10.8. The number of para-hydroxylation sites is 1. The minimum atomic E-state index is -0.991. The van der Waals surface area contributed by atoms with Gasteiger partial charge in [0.05, 0.1) is 13.7 Å². The van der Waals surface area contributed by atoms with Gasteiger partial charge in [0.1, 0.15) is 5.56 Å². The first-order valence-corrected chi connectivity index (χ1v) is 6.75. The van der Waals surface area contributed by atoms with Crippen molar-refractivity contribution >= 4 is 5.97 Å². The Labute approximate surface area is 113 Å². The minimum absolute atomic E-state index is 0.158. The second-order valence-corrected chi connectivity index (χ2v) is 4.93. The normalized spacial score (nSPS) is 15.4. The van der Waals surface area contributed by atoms with Gasteiger partial charge in [0.25, 0.3) is 0 Å². The first kappa shape index (κ1) is 13.7. The van der Waals surface area contributed by atoms with E-state index in [1.807, 2.05) is 0 Å². The Morgan fingerprint density at radius 2 is 2.11 bits per heavy atom. The number of carboxylic acids is 1. The standard InChI is InChI=1S/C15H20O4/c1-18-13-8-4-7-12(15(16)17)14(13)19-10-9-11-5-2-3-6-11/h4,7-8,11H,2-3,5-6,9-10H2,1H3,(H,16,17). The van der Waals surface area contributed by atoms with Gasteiger partial charge in [-0.25, -0.2) is 4.79 Å². The number of aromatic carboxylic acids is 1. The van der Waals surface area contributed by atoms with Gasteiger partial charge in [-0.2, -0.15) is 0 Å². The summed E-state index contributed by atoms with van der Waals surface area (Å²) in [5, 5.41) is 9.16. The molecular formula is C15H20O4. The van der Waals surface area contributed by atoms with Crippen LogP contribution >= 0.6 is 0 Å². The van der Waals surface area contributed by atoms with Gasteiger partial charge in [0.2, 0.25) is 0 Å². The van der Waals surface area contributed by atoms with Crippen LogP contribution < -0.4 is 9.47 Å². The number of rotatable bonds is 6. The summed E-state index contributed by atoms with van der Waals surface area (Å²) in [6, 6.07) is 4.92. The molecular weight excluding hydrogens is 244 g/mol. The van der Waals surface area contributed by atoms with Crippen molar-refractivity contribution < 1.29 is 19.4 Å². The number of benzene rings is 1. The lowest BCUT2D eigenvalue weighted by Gasteiger charge is -2.14. The third kappa shape index (κ3) is 3.40. The van der Waals surface area contributed by atoms with E-state index in [2.05, 4.69) is 0 Å². The molecule has 1 N–H and O–H groups in total. The molecule has 1 saturated carbocycles. The molecule has 0 spiro atoms. The van der Waals surface area contributed by atoms with Gasteiger partial charge in [0.15, 0.2) is 11.5 Å². The molecule has 0 bridgehead atoms. The van der Waals surface area contributed by atoms with Crippen LogP contribution in [0, 0.1) is 5.92 Å². The Hall–Kier alpha value is -1.71. The van der Waals surface area contributed by atoms with Crippen LogP contribution in [0.4, 0.5) is 0 Å². The van der Waals surface area contributed by atoms with E-state index in [4.69, 9.17) is 14.6 Å². The largest absolute Gasteiger partial charge is 0.493 e. The van der Waals surface area contributed by atoms with Gasteiger partial charge in [-0.3, -0.25) is 0 Å². The zero-order valence-electron chi connectivity index (χ0n) is 11.2. The summed E-state index contributed by atoms with van der Waals surface area (Å²) in [7, 11) is 1.52. The smallest absolute Gasteiger partial charge is 0.339 e. The van der Waals surface area contributed by atoms with Crippen molar-refractivity contribution in [2.75, 3.05) is 13.7 Å². The lowest BCUT2D eigenvalue weighted by atomic mass is 10.1. The van der Waals surface area contributed by atoms with Crippen molar-refractivity contribution in [3.05, 3.63) is 23.8 Å². The lowest BCUT2D eigenvalue weighted by molar-refractivity contribution is 0.0691. The van der Waals surface area contributed by atoms with Crippen LogP contribution in [-0.2, 0) is 0 Å². The van der Waals surface area contributed by atoms with Crippen molar-refractivity contribution in [2.45, 2.75) is 32.1 Å². The summed E-state index contributed by atoms with van der Waals surface area (Å²) in [4.78, 5) is 11.2. The molecule has 0 unspecified atom stereocenters. The minimum Gasteiger partial charge on any atom is -0.493 e. The second kappa shape index (κ2) is 6.45. The predicted octanol–water partition coefficient (Wildman–Crippen LogP) is 3.35. The number of hydrogen-bond donors (Lipinski definition) is 1. The molecule has 4 heteroatoms. The van der Waals surface area contributed by atoms with E-state index in [9.17, 15) is 4.79 Å². The number of methoxy groups -OCH3 is 1. The van der Waals surface area contributed by atoms with Crippen LogP contribution in [0.1, 0.15) is 42.5 Å². The highest BCUT2D eigenvalue weighted by Gasteiger charge is 2.18. The summed E-state index contributed by atoms with van der Waals surface area (Å²) in [6.07, 6.45) is 6.12. The summed E-state index contributed by atoms with van der Waals surface area (Å²) in [5.74, 6) is 0.555. The third-order valence-electron chi connectivity index (χ3n) is 3.68. The first-order valence-electron chi connectivity index (χ1n) is 6.75. The van der Waals surface area contributed by atoms with Gasteiger partial charge < -0.3 is 14.6 Å². The molecule has 1 aromatic carbocycles. The third-order valence-corrected chi connectivity index (χ3v) is 3.68. The Balaban J connectivity index is 2.02. The highest BCUT2D eigenvalue weighted by atomic mass is 16.5. The molecule has 1 aliphatic carbocycles. The van der Waals surface area contributed by atoms with E-state index in [0.717, 1.165) is 12.3 Å².